The molecule has 6 nitrogen and oxygen atoms in total. The minimum absolute atomic E-state index is 0.229. The van der Waals surface area contributed by atoms with Gasteiger partial charge in [0.2, 0.25) is 0 Å². The summed E-state index contributed by atoms with van der Waals surface area (Å²) in [5, 5.41) is 19.5. The minimum Gasteiger partial charge on any atom is -0.481 e. The molecule has 0 bridgehead atoms. The van der Waals surface area contributed by atoms with Gasteiger partial charge in [0.1, 0.15) is 11.8 Å². The first kappa shape index (κ1) is 22.0. The quantitative estimate of drug-likeness (QED) is 0.459. The largest absolute Gasteiger partial charge is 0.481 e. The highest BCUT2D eigenvalue weighted by Crippen LogP contribution is 2.37. The van der Waals surface area contributed by atoms with Gasteiger partial charge in [0.25, 0.3) is 0 Å². The summed E-state index contributed by atoms with van der Waals surface area (Å²) >= 11 is 0. The van der Waals surface area contributed by atoms with Gasteiger partial charge in [-0.25, -0.2) is 9.97 Å². The van der Waals surface area contributed by atoms with Crippen LogP contribution >= 0.6 is 0 Å². The van der Waals surface area contributed by atoms with Crippen molar-refractivity contribution in [2.24, 2.45) is 0 Å². The molecule has 0 saturated carbocycles. The van der Waals surface area contributed by atoms with Crippen LogP contribution in [0.5, 0.6) is 0 Å². The summed E-state index contributed by atoms with van der Waals surface area (Å²) < 4.78 is 0. The van der Waals surface area contributed by atoms with Crippen LogP contribution in [-0.2, 0) is 4.79 Å². The van der Waals surface area contributed by atoms with Gasteiger partial charge in [-0.15, -0.1) is 0 Å². The Balaban J connectivity index is 1.63. The second-order valence-corrected chi connectivity index (χ2v) is 8.21. The standard InChI is InChI=1S/C26H29N3O3/c30-21-16-18-29(17-10-2-1-9-15-22(31)32)26-25(21)27-23(19-11-5-3-6-12-19)24(28-26)20-13-7-4-8-14-20/h3-8,11-14,21,30H,1-2,9-10,15-18H2,(H,31,32). The van der Waals surface area contributed by atoms with E-state index in [2.05, 4.69) is 4.90 Å². The number of unbranched alkanes of at least 4 members (excludes halogenated alkanes) is 3. The molecule has 1 aromatic heterocycles. The molecular formula is C26H29N3O3. The average molecular weight is 432 g/mol. The predicted octanol–water partition coefficient (Wildman–Crippen LogP) is 5.09. The second-order valence-electron chi connectivity index (χ2n) is 8.21. The molecule has 6 heteroatoms. The first-order chi connectivity index (χ1) is 15.6. The van der Waals surface area contributed by atoms with Crippen molar-refractivity contribution >= 4 is 11.8 Å². The van der Waals surface area contributed by atoms with Crippen LogP contribution in [0.3, 0.4) is 0 Å². The third-order valence-electron chi connectivity index (χ3n) is 5.85. The number of aliphatic hydroxyl groups is 1. The lowest BCUT2D eigenvalue weighted by Crippen LogP contribution is -2.34. The van der Waals surface area contributed by atoms with E-state index < -0.39 is 12.1 Å². The Bertz CT molecular complexity index is 1040. The Morgan fingerprint density at radius 1 is 0.875 bits per heavy atom. The molecule has 0 radical (unpaired) electrons. The lowest BCUT2D eigenvalue weighted by atomic mass is 10.0. The maximum Gasteiger partial charge on any atom is 0.303 e. The van der Waals surface area contributed by atoms with E-state index in [4.69, 9.17) is 15.1 Å². The van der Waals surface area contributed by atoms with Gasteiger partial charge in [-0.1, -0.05) is 73.5 Å². The highest BCUT2D eigenvalue weighted by molar-refractivity contribution is 5.79. The Kier molecular flexibility index (Phi) is 7.12. The Morgan fingerprint density at radius 2 is 1.47 bits per heavy atom. The SMILES string of the molecule is O=C(O)CCCCCCN1CCC(O)c2nc(-c3ccccc3)c(-c3ccccc3)nc21. The number of hydrogen-bond donors (Lipinski definition) is 2. The number of benzene rings is 2. The van der Waals surface area contributed by atoms with Crippen LogP contribution in [0.4, 0.5) is 5.82 Å². The molecule has 2 N–H and O–H groups in total. The zero-order valence-corrected chi connectivity index (χ0v) is 18.2. The van der Waals surface area contributed by atoms with Crippen molar-refractivity contribution in [2.45, 2.75) is 44.6 Å². The Morgan fingerprint density at radius 3 is 2.09 bits per heavy atom. The third-order valence-corrected chi connectivity index (χ3v) is 5.85. The van der Waals surface area contributed by atoms with Gasteiger partial charge in [-0.05, 0) is 19.3 Å². The van der Waals surface area contributed by atoms with E-state index >= 15 is 0 Å². The molecule has 166 valence electrons. The van der Waals surface area contributed by atoms with Crippen LogP contribution < -0.4 is 4.90 Å². The molecule has 1 aliphatic heterocycles. The van der Waals surface area contributed by atoms with Crippen LogP contribution in [0.2, 0.25) is 0 Å². The van der Waals surface area contributed by atoms with Crippen LogP contribution in [0.1, 0.15) is 50.3 Å². The molecule has 2 aromatic carbocycles. The molecule has 0 amide bonds. The number of nitrogens with zero attached hydrogens (tertiary/aromatic N) is 3. The zero-order valence-electron chi connectivity index (χ0n) is 18.2. The van der Waals surface area contributed by atoms with E-state index in [0.29, 0.717) is 18.5 Å². The summed E-state index contributed by atoms with van der Waals surface area (Å²) in [5.41, 5.74) is 4.21. The molecule has 0 fully saturated rings. The summed E-state index contributed by atoms with van der Waals surface area (Å²) in [6, 6.07) is 20.0. The monoisotopic (exact) mass is 431 g/mol. The summed E-state index contributed by atoms with van der Waals surface area (Å²) in [4.78, 5) is 22.9. The van der Waals surface area contributed by atoms with Gasteiger partial charge >= 0.3 is 5.97 Å². The molecule has 1 unspecified atom stereocenters. The maximum absolute atomic E-state index is 10.7. The lowest BCUT2D eigenvalue weighted by molar-refractivity contribution is -0.137. The number of hydrogen-bond acceptors (Lipinski definition) is 5. The second kappa shape index (κ2) is 10.4. The van der Waals surface area contributed by atoms with Crippen molar-refractivity contribution < 1.29 is 15.0 Å². The van der Waals surface area contributed by atoms with Crippen LogP contribution in [0.15, 0.2) is 60.7 Å². The topological polar surface area (TPSA) is 86.5 Å². The molecular weight excluding hydrogens is 402 g/mol. The summed E-state index contributed by atoms with van der Waals surface area (Å²) in [5.74, 6) is 0.0229. The fourth-order valence-electron chi connectivity index (χ4n) is 4.16. The minimum atomic E-state index is -0.734. The van der Waals surface area contributed by atoms with E-state index in [1.807, 2.05) is 60.7 Å². The van der Waals surface area contributed by atoms with E-state index in [-0.39, 0.29) is 6.42 Å². The third kappa shape index (κ3) is 5.14. The molecule has 2 heterocycles. The van der Waals surface area contributed by atoms with Crippen molar-refractivity contribution in [1.29, 1.82) is 0 Å². The number of carboxylic acid groups (broad SMARTS) is 1. The first-order valence-corrected chi connectivity index (χ1v) is 11.3. The number of aromatic nitrogens is 2. The fourth-order valence-corrected chi connectivity index (χ4v) is 4.16. The predicted molar refractivity (Wildman–Crippen MR) is 125 cm³/mol. The molecule has 4 rings (SSSR count). The van der Waals surface area contributed by atoms with Gasteiger partial charge in [0, 0.05) is 30.6 Å². The number of carboxylic acids is 1. The van der Waals surface area contributed by atoms with Gasteiger partial charge in [-0.2, -0.15) is 0 Å². The molecule has 3 aromatic rings. The first-order valence-electron chi connectivity index (χ1n) is 11.3. The van der Waals surface area contributed by atoms with E-state index in [9.17, 15) is 9.90 Å². The Hall–Kier alpha value is -3.25. The molecule has 0 aliphatic carbocycles. The summed E-state index contributed by atoms with van der Waals surface area (Å²) in [7, 11) is 0. The van der Waals surface area contributed by atoms with Crippen LogP contribution in [0, 0.1) is 0 Å². The van der Waals surface area contributed by atoms with E-state index in [1.165, 1.54) is 0 Å². The lowest BCUT2D eigenvalue weighted by Gasteiger charge is -2.33. The normalized spacial score (nSPS) is 15.4. The number of anilines is 1. The zero-order chi connectivity index (χ0) is 22.3. The highest BCUT2D eigenvalue weighted by Gasteiger charge is 2.29. The van der Waals surface area contributed by atoms with Crippen LogP contribution in [0.25, 0.3) is 22.5 Å². The van der Waals surface area contributed by atoms with Crippen LogP contribution in [-0.4, -0.2) is 39.2 Å². The highest BCUT2D eigenvalue weighted by atomic mass is 16.4. The molecule has 0 saturated heterocycles. The van der Waals surface area contributed by atoms with E-state index in [1.54, 1.807) is 0 Å². The number of fused-ring (bicyclic) bond motifs is 1. The summed E-state index contributed by atoms with van der Waals surface area (Å²) in [6.07, 6.45) is 3.77. The van der Waals surface area contributed by atoms with Crippen molar-refractivity contribution in [2.75, 3.05) is 18.0 Å². The van der Waals surface area contributed by atoms with Crippen molar-refractivity contribution in [1.82, 2.24) is 9.97 Å². The Labute approximate surface area is 188 Å². The van der Waals surface area contributed by atoms with Gasteiger partial charge in [0.15, 0.2) is 5.82 Å². The fraction of sp³-hybridized carbons (Fsp3) is 0.346. The maximum atomic E-state index is 10.7. The summed E-state index contributed by atoms with van der Waals surface area (Å²) in [6.45, 7) is 1.55. The molecule has 1 atom stereocenters. The van der Waals surface area contributed by atoms with E-state index in [0.717, 1.165) is 60.7 Å². The average Bonchev–Trinajstić information content (AvgIpc) is 2.83. The number of rotatable bonds is 9. The smallest absolute Gasteiger partial charge is 0.303 e. The van der Waals surface area contributed by atoms with Gasteiger partial charge in [0.05, 0.1) is 11.4 Å². The molecule has 32 heavy (non-hydrogen) atoms. The molecule has 0 spiro atoms. The number of carbonyl (C=O) groups is 1. The van der Waals surface area contributed by atoms with Crippen molar-refractivity contribution in [3.8, 4) is 22.5 Å². The van der Waals surface area contributed by atoms with Crippen molar-refractivity contribution in [3.05, 3.63) is 66.4 Å². The number of aliphatic hydroxyl groups excluding tert-OH is 1. The van der Waals surface area contributed by atoms with Gasteiger partial charge in [-0.3, -0.25) is 4.79 Å². The van der Waals surface area contributed by atoms with Crippen molar-refractivity contribution in [3.63, 3.8) is 0 Å². The van der Waals surface area contributed by atoms with Gasteiger partial charge < -0.3 is 15.1 Å². The number of aliphatic carboxylic acids is 1. The molecule has 1 aliphatic rings.